The third-order valence-electron chi connectivity index (χ3n) is 2.80. The third kappa shape index (κ3) is 3.33. The first-order valence-corrected chi connectivity index (χ1v) is 6.88. The Morgan fingerprint density at radius 2 is 1.79 bits per heavy atom. The van der Waals surface area contributed by atoms with Crippen LogP contribution < -0.4 is 0 Å². The summed E-state index contributed by atoms with van der Waals surface area (Å²) in [7, 11) is 0. The first kappa shape index (κ1) is 14.0. The van der Waals surface area contributed by atoms with Crippen LogP contribution in [0.1, 0.15) is 17.2 Å². The molecule has 0 aliphatic heterocycles. The van der Waals surface area contributed by atoms with Crippen molar-refractivity contribution in [2.75, 3.05) is 5.75 Å². The molecule has 0 aliphatic rings. The summed E-state index contributed by atoms with van der Waals surface area (Å²) in [6.07, 6.45) is -1.16. The van der Waals surface area contributed by atoms with Gasteiger partial charge < -0.3 is 5.11 Å². The highest BCUT2D eigenvalue weighted by atomic mass is 32.2. The lowest BCUT2D eigenvalue weighted by atomic mass is 10.1. The molecule has 0 amide bonds. The average Bonchev–Trinajstić information content (AvgIpc) is 2.42. The molecule has 0 saturated heterocycles. The van der Waals surface area contributed by atoms with Gasteiger partial charge in [0, 0.05) is 10.6 Å². The van der Waals surface area contributed by atoms with E-state index >= 15 is 0 Å². The van der Waals surface area contributed by atoms with E-state index in [0.717, 1.165) is 4.90 Å². The Balaban J connectivity index is 2.12. The molecule has 4 heteroatoms. The van der Waals surface area contributed by atoms with Crippen molar-refractivity contribution >= 4 is 11.8 Å². The number of thioether (sulfide) groups is 1. The molecule has 19 heavy (non-hydrogen) atoms. The summed E-state index contributed by atoms with van der Waals surface area (Å²) in [6.45, 7) is 1.55. The highest BCUT2D eigenvalue weighted by molar-refractivity contribution is 7.99. The lowest BCUT2D eigenvalue weighted by Gasteiger charge is -2.14. The Labute approximate surface area is 115 Å². The largest absolute Gasteiger partial charge is 0.387 e. The van der Waals surface area contributed by atoms with Gasteiger partial charge in [-0.25, -0.2) is 8.78 Å². The van der Waals surface area contributed by atoms with Gasteiger partial charge in [-0.1, -0.05) is 24.3 Å². The molecule has 0 spiro atoms. The topological polar surface area (TPSA) is 20.2 Å². The fraction of sp³-hybridized carbons (Fsp3) is 0.200. The molecule has 0 aromatic heterocycles. The van der Waals surface area contributed by atoms with Crippen molar-refractivity contribution in [3.05, 3.63) is 65.2 Å². The van der Waals surface area contributed by atoms with Crippen LogP contribution in [-0.4, -0.2) is 10.9 Å². The van der Waals surface area contributed by atoms with Gasteiger partial charge in [0.15, 0.2) is 0 Å². The van der Waals surface area contributed by atoms with Crippen LogP contribution in [0.4, 0.5) is 8.78 Å². The van der Waals surface area contributed by atoms with Gasteiger partial charge in [0.05, 0.1) is 11.7 Å². The molecule has 0 fully saturated rings. The Morgan fingerprint density at radius 3 is 2.47 bits per heavy atom. The van der Waals surface area contributed by atoms with E-state index in [1.54, 1.807) is 6.92 Å². The van der Waals surface area contributed by atoms with Crippen LogP contribution in [0, 0.1) is 18.6 Å². The van der Waals surface area contributed by atoms with Gasteiger partial charge in [0.25, 0.3) is 0 Å². The molecule has 0 bridgehead atoms. The van der Waals surface area contributed by atoms with Crippen molar-refractivity contribution in [3.63, 3.8) is 0 Å². The second-order valence-electron chi connectivity index (χ2n) is 4.23. The first-order valence-electron chi connectivity index (χ1n) is 5.90. The van der Waals surface area contributed by atoms with Crippen molar-refractivity contribution in [2.24, 2.45) is 0 Å². The van der Waals surface area contributed by atoms with E-state index in [4.69, 9.17) is 0 Å². The highest BCUT2D eigenvalue weighted by Crippen LogP contribution is 2.28. The Bertz CT molecular complexity index is 558. The van der Waals surface area contributed by atoms with Crippen LogP contribution in [0.5, 0.6) is 0 Å². The minimum Gasteiger partial charge on any atom is -0.387 e. The maximum atomic E-state index is 13.8. The third-order valence-corrected chi connectivity index (χ3v) is 3.89. The Morgan fingerprint density at radius 1 is 1.11 bits per heavy atom. The first-order chi connectivity index (χ1) is 9.09. The number of rotatable bonds is 4. The predicted octanol–water partition coefficient (Wildman–Crippen LogP) is 4.10. The molecule has 2 rings (SSSR count). The maximum absolute atomic E-state index is 13.8. The number of hydrogen-bond donors (Lipinski definition) is 1. The molecule has 1 nitrogen and oxygen atoms in total. The number of halogens is 2. The number of aliphatic hydroxyl groups is 1. The zero-order valence-corrected chi connectivity index (χ0v) is 11.3. The zero-order chi connectivity index (χ0) is 13.8. The lowest BCUT2D eigenvalue weighted by molar-refractivity contribution is 0.193. The smallest absolute Gasteiger partial charge is 0.134 e. The molecule has 1 unspecified atom stereocenters. The molecule has 2 aromatic rings. The summed E-state index contributed by atoms with van der Waals surface area (Å²) in [5.41, 5.74) is 0.0867. The molecule has 0 aliphatic carbocycles. The summed E-state index contributed by atoms with van der Waals surface area (Å²) in [4.78, 5) is 0.954. The summed E-state index contributed by atoms with van der Waals surface area (Å²) in [5.74, 6) is -1.16. The van der Waals surface area contributed by atoms with E-state index in [9.17, 15) is 13.9 Å². The van der Waals surface area contributed by atoms with Crippen molar-refractivity contribution < 1.29 is 13.9 Å². The van der Waals surface area contributed by atoms with Crippen LogP contribution in [0.3, 0.4) is 0 Å². The number of hydrogen-bond acceptors (Lipinski definition) is 2. The van der Waals surface area contributed by atoms with Gasteiger partial charge in [-0.05, 0) is 30.7 Å². The fourth-order valence-electron chi connectivity index (χ4n) is 1.76. The van der Waals surface area contributed by atoms with Crippen LogP contribution in [0.2, 0.25) is 0 Å². The van der Waals surface area contributed by atoms with Crippen molar-refractivity contribution in [3.8, 4) is 0 Å². The minimum atomic E-state index is -1.16. The Kier molecular flexibility index (Phi) is 4.56. The van der Waals surface area contributed by atoms with Crippen LogP contribution in [0.15, 0.2) is 47.4 Å². The van der Waals surface area contributed by atoms with Crippen molar-refractivity contribution in [2.45, 2.75) is 17.9 Å². The van der Waals surface area contributed by atoms with E-state index in [2.05, 4.69) is 0 Å². The van der Waals surface area contributed by atoms with E-state index in [1.807, 2.05) is 30.3 Å². The second kappa shape index (κ2) is 6.17. The molecule has 1 N–H and O–H groups in total. The normalized spacial score (nSPS) is 12.4. The number of aliphatic hydroxyl groups excluding tert-OH is 1. The highest BCUT2D eigenvalue weighted by Gasteiger charge is 2.19. The van der Waals surface area contributed by atoms with E-state index in [-0.39, 0.29) is 11.3 Å². The monoisotopic (exact) mass is 280 g/mol. The quantitative estimate of drug-likeness (QED) is 0.851. The van der Waals surface area contributed by atoms with Gasteiger partial charge in [0.1, 0.15) is 11.6 Å². The molecule has 0 radical (unpaired) electrons. The summed E-state index contributed by atoms with van der Waals surface area (Å²) in [5, 5.41) is 9.97. The van der Waals surface area contributed by atoms with E-state index in [1.165, 1.54) is 23.9 Å². The molecular weight excluding hydrogens is 266 g/mol. The summed E-state index contributed by atoms with van der Waals surface area (Å²) >= 11 is 1.36. The zero-order valence-electron chi connectivity index (χ0n) is 10.4. The van der Waals surface area contributed by atoms with Gasteiger partial charge in [0.2, 0.25) is 0 Å². The maximum Gasteiger partial charge on any atom is 0.134 e. The molecule has 0 heterocycles. The van der Waals surface area contributed by atoms with Gasteiger partial charge in [-0.15, -0.1) is 11.8 Å². The van der Waals surface area contributed by atoms with Crippen molar-refractivity contribution in [1.82, 2.24) is 0 Å². The number of benzene rings is 2. The van der Waals surface area contributed by atoms with Gasteiger partial charge in [-0.3, -0.25) is 0 Å². The average molecular weight is 280 g/mol. The molecule has 0 saturated carbocycles. The molecular formula is C15H14F2OS. The van der Waals surface area contributed by atoms with Crippen LogP contribution in [0.25, 0.3) is 0 Å². The second-order valence-corrected chi connectivity index (χ2v) is 5.33. The summed E-state index contributed by atoms with van der Waals surface area (Å²) in [6, 6.07) is 12.0. The van der Waals surface area contributed by atoms with E-state index in [0.29, 0.717) is 5.56 Å². The standard InChI is InChI=1S/C15H14F2OS/c1-10-7-8-12(16)14(15(10)17)13(18)9-19-11-5-3-2-4-6-11/h2-8,13,18H,9H2,1H3. The molecule has 2 aromatic carbocycles. The predicted molar refractivity (Wildman–Crippen MR) is 73.2 cm³/mol. The molecule has 100 valence electrons. The Hall–Kier alpha value is -1.39. The SMILES string of the molecule is Cc1ccc(F)c(C(O)CSc2ccccc2)c1F. The number of aryl methyl sites for hydroxylation is 1. The fourth-order valence-corrected chi connectivity index (χ4v) is 2.63. The van der Waals surface area contributed by atoms with E-state index < -0.39 is 17.7 Å². The lowest BCUT2D eigenvalue weighted by Crippen LogP contribution is -2.08. The van der Waals surface area contributed by atoms with Gasteiger partial charge in [-0.2, -0.15) is 0 Å². The van der Waals surface area contributed by atoms with Crippen molar-refractivity contribution in [1.29, 1.82) is 0 Å². The summed E-state index contributed by atoms with van der Waals surface area (Å²) < 4.78 is 27.4. The molecule has 1 atom stereocenters. The van der Waals surface area contributed by atoms with Crippen LogP contribution in [-0.2, 0) is 0 Å². The van der Waals surface area contributed by atoms with Crippen LogP contribution >= 0.6 is 11.8 Å². The van der Waals surface area contributed by atoms with Gasteiger partial charge >= 0.3 is 0 Å². The minimum absolute atomic E-state index is 0.210.